The lowest BCUT2D eigenvalue weighted by Crippen LogP contribution is -2.17. The van der Waals surface area contributed by atoms with Gasteiger partial charge in [-0.2, -0.15) is 5.10 Å². The molecule has 14 heavy (non-hydrogen) atoms. The highest BCUT2D eigenvalue weighted by Crippen LogP contribution is 2.25. The molecule has 1 atom stereocenters. The summed E-state index contributed by atoms with van der Waals surface area (Å²) in [5.41, 5.74) is 0. The first-order valence-electron chi connectivity index (χ1n) is 4.75. The van der Waals surface area contributed by atoms with E-state index < -0.39 is 0 Å². The van der Waals surface area contributed by atoms with Gasteiger partial charge in [0.15, 0.2) is 5.75 Å². The summed E-state index contributed by atoms with van der Waals surface area (Å²) in [6.07, 6.45) is 2.69. The normalized spacial score (nSPS) is 23.1. The van der Waals surface area contributed by atoms with Gasteiger partial charge in [0.05, 0.1) is 6.20 Å². The number of aromatic nitrogens is 2. The van der Waals surface area contributed by atoms with E-state index in [4.69, 9.17) is 0 Å². The van der Waals surface area contributed by atoms with E-state index >= 15 is 0 Å². The summed E-state index contributed by atoms with van der Waals surface area (Å²) in [6.45, 7) is 3.16. The molecule has 4 nitrogen and oxygen atoms in total. The first kappa shape index (κ1) is 9.98. The van der Waals surface area contributed by atoms with Crippen molar-refractivity contribution in [2.24, 2.45) is 5.92 Å². The molecule has 2 heterocycles. The largest absolute Gasteiger partial charge is 0.504 e. The summed E-state index contributed by atoms with van der Waals surface area (Å²) < 4.78 is 2.51. The quantitative estimate of drug-likeness (QED) is 0.871. The molecule has 1 aromatic heterocycles. The Bertz CT molecular complexity index is 326. The van der Waals surface area contributed by atoms with E-state index in [0.717, 1.165) is 19.6 Å². The summed E-state index contributed by atoms with van der Waals surface area (Å²) >= 11 is 3.31. The van der Waals surface area contributed by atoms with Crippen LogP contribution >= 0.6 is 15.9 Å². The molecule has 1 unspecified atom stereocenters. The molecule has 1 aliphatic heterocycles. The van der Waals surface area contributed by atoms with Crippen LogP contribution in [0.4, 0.5) is 0 Å². The molecule has 1 fully saturated rings. The van der Waals surface area contributed by atoms with E-state index in [0.29, 0.717) is 10.5 Å². The van der Waals surface area contributed by atoms with Crippen LogP contribution in [-0.2, 0) is 6.54 Å². The molecular formula is C9H14BrN3O. The molecule has 0 radical (unpaired) electrons. The highest BCUT2D eigenvalue weighted by molar-refractivity contribution is 9.10. The van der Waals surface area contributed by atoms with E-state index in [9.17, 15) is 5.11 Å². The Labute approximate surface area is 91.6 Å². The number of rotatable bonds is 2. The van der Waals surface area contributed by atoms with Gasteiger partial charge in [-0.3, -0.25) is 4.68 Å². The second kappa shape index (κ2) is 3.90. The standard InChI is InChI=1S/C9H14BrN3O/c1-12-3-2-7(5-12)6-13-9(10)8(14)4-11-13/h4,7,14H,2-3,5-6H2,1H3. The maximum atomic E-state index is 9.33. The van der Waals surface area contributed by atoms with Crippen LogP contribution in [0.25, 0.3) is 0 Å². The zero-order valence-electron chi connectivity index (χ0n) is 8.15. The molecule has 78 valence electrons. The van der Waals surface area contributed by atoms with Gasteiger partial charge in [-0.15, -0.1) is 0 Å². The van der Waals surface area contributed by atoms with Crippen LogP contribution < -0.4 is 0 Å². The average molecular weight is 260 g/mol. The van der Waals surface area contributed by atoms with Crippen molar-refractivity contribution in [3.8, 4) is 5.75 Å². The molecule has 0 aliphatic carbocycles. The fraction of sp³-hybridized carbons (Fsp3) is 0.667. The van der Waals surface area contributed by atoms with Crippen LogP contribution in [0.2, 0.25) is 0 Å². The third-order valence-corrected chi connectivity index (χ3v) is 3.49. The van der Waals surface area contributed by atoms with Crippen LogP contribution in [0.1, 0.15) is 6.42 Å². The Hall–Kier alpha value is -0.550. The molecule has 0 saturated carbocycles. The summed E-state index contributed by atoms with van der Waals surface area (Å²) in [5.74, 6) is 0.868. The second-order valence-electron chi connectivity index (χ2n) is 3.92. The maximum absolute atomic E-state index is 9.33. The highest BCUT2D eigenvalue weighted by atomic mass is 79.9. The number of likely N-dealkylation sites (tertiary alicyclic amines) is 1. The monoisotopic (exact) mass is 259 g/mol. The van der Waals surface area contributed by atoms with Gasteiger partial charge in [-0.05, 0) is 41.9 Å². The van der Waals surface area contributed by atoms with Crippen LogP contribution in [-0.4, -0.2) is 39.9 Å². The van der Waals surface area contributed by atoms with Crippen molar-refractivity contribution in [3.05, 3.63) is 10.8 Å². The van der Waals surface area contributed by atoms with Crippen LogP contribution in [0.15, 0.2) is 10.8 Å². The first-order chi connectivity index (χ1) is 6.66. The van der Waals surface area contributed by atoms with Crippen molar-refractivity contribution in [2.75, 3.05) is 20.1 Å². The molecule has 0 aromatic carbocycles. The molecule has 0 bridgehead atoms. The number of hydrogen-bond donors (Lipinski definition) is 1. The Kier molecular flexibility index (Phi) is 2.78. The molecule has 2 rings (SSSR count). The van der Waals surface area contributed by atoms with Crippen LogP contribution in [0, 0.1) is 5.92 Å². The average Bonchev–Trinajstić information content (AvgIpc) is 2.67. The van der Waals surface area contributed by atoms with Crippen molar-refractivity contribution >= 4 is 15.9 Å². The topological polar surface area (TPSA) is 41.3 Å². The van der Waals surface area contributed by atoms with Gasteiger partial charge in [0.1, 0.15) is 4.60 Å². The van der Waals surface area contributed by atoms with Crippen LogP contribution in [0.5, 0.6) is 5.75 Å². The number of aromatic hydroxyl groups is 1. The van der Waals surface area contributed by atoms with Gasteiger partial charge in [-0.1, -0.05) is 0 Å². The highest BCUT2D eigenvalue weighted by Gasteiger charge is 2.21. The molecule has 1 aliphatic rings. The van der Waals surface area contributed by atoms with Crippen LogP contribution in [0.3, 0.4) is 0 Å². The van der Waals surface area contributed by atoms with E-state index in [1.165, 1.54) is 12.6 Å². The lowest BCUT2D eigenvalue weighted by molar-refractivity contribution is 0.367. The third-order valence-electron chi connectivity index (χ3n) is 2.68. The molecular weight excluding hydrogens is 246 g/mol. The molecule has 0 amide bonds. The van der Waals surface area contributed by atoms with E-state index in [1.807, 2.05) is 4.68 Å². The van der Waals surface area contributed by atoms with Gasteiger partial charge in [0, 0.05) is 13.1 Å². The molecule has 1 aromatic rings. The Morgan fingerprint density at radius 3 is 3.00 bits per heavy atom. The molecule has 1 N–H and O–H groups in total. The van der Waals surface area contributed by atoms with Crippen molar-refractivity contribution in [1.82, 2.24) is 14.7 Å². The third kappa shape index (κ3) is 1.93. The SMILES string of the molecule is CN1CCC(Cn2ncc(O)c2Br)C1. The Balaban J connectivity index is 2.01. The minimum atomic E-state index is 0.219. The molecule has 1 saturated heterocycles. The second-order valence-corrected chi connectivity index (χ2v) is 4.67. The van der Waals surface area contributed by atoms with Gasteiger partial charge in [0.2, 0.25) is 0 Å². The summed E-state index contributed by atoms with van der Waals surface area (Å²) in [6, 6.07) is 0. The van der Waals surface area contributed by atoms with Gasteiger partial charge in [0.25, 0.3) is 0 Å². The van der Waals surface area contributed by atoms with Gasteiger partial charge in [-0.25, -0.2) is 0 Å². The molecule has 5 heteroatoms. The van der Waals surface area contributed by atoms with Gasteiger partial charge < -0.3 is 10.0 Å². The lowest BCUT2D eigenvalue weighted by atomic mass is 10.1. The predicted molar refractivity (Wildman–Crippen MR) is 57.2 cm³/mol. The Morgan fingerprint density at radius 1 is 1.71 bits per heavy atom. The zero-order valence-corrected chi connectivity index (χ0v) is 9.74. The van der Waals surface area contributed by atoms with Crippen molar-refractivity contribution in [2.45, 2.75) is 13.0 Å². The fourth-order valence-electron chi connectivity index (χ4n) is 1.91. The first-order valence-corrected chi connectivity index (χ1v) is 5.55. The number of nitrogens with zero attached hydrogens (tertiary/aromatic N) is 3. The van der Waals surface area contributed by atoms with Gasteiger partial charge >= 0.3 is 0 Å². The smallest absolute Gasteiger partial charge is 0.168 e. The number of halogens is 1. The summed E-state index contributed by atoms with van der Waals surface area (Å²) in [4.78, 5) is 2.32. The zero-order chi connectivity index (χ0) is 10.1. The van der Waals surface area contributed by atoms with E-state index in [-0.39, 0.29) is 5.75 Å². The summed E-state index contributed by atoms with van der Waals surface area (Å²) in [7, 11) is 2.13. The van der Waals surface area contributed by atoms with E-state index in [1.54, 1.807) is 0 Å². The van der Waals surface area contributed by atoms with Crippen molar-refractivity contribution < 1.29 is 5.11 Å². The Morgan fingerprint density at radius 2 is 2.50 bits per heavy atom. The lowest BCUT2D eigenvalue weighted by Gasteiger charge is -2.10. The minimum Gasteiger partial charge on any atom is -0.504 e. The minimum absolute atomic E-state index is 0.219. The van der Waals surface area contributed by atoms with E-state index in [2.05, 4.69) is 33.0 Å². The molecule has 0 spiro atoms. The summed E-state index contributed by atoms with van der Waals surface area (Å²) in [5, 5.41) is 13.4. The fourth-order valence-corrected chi connectivity index (χ4v) is 2.25. The van der Waals surface area contributed by atoms with Crippen molar-refractivity contribution in [3.63, 3.8) is 0 Å². The van der Waals surface area contributed by atoms with Crippen molar-refractivity contribution in [1.29, 1.82) is 0 Å². The number of hydrogen-bond acceptors (Lipinski definition) is 3. The maximum Gasteiger partial charge on any atom is 0.168 e. The predicted octanol–water partition coefficient (Wildman–Crippen LogP) is 1.30.